The van der Waals surface area contributed by atoms with Crippen LogP contribution in [0.3, 0.4) is 0 Å². The second kappa shape index (κ2) is 7.54. The standard InChI is InChI=1S/C19H14FN5O4S/c20-17-23-18(21-12-6-2-1-3-7-12)25-19(24-17)22-14-10-13(30(27,28)29)9-11-5-4-8-15(26)16(11)14/h1-10,26H,(H,27,28,29)(H2,21,22,23,24,25). The van der Waals surface area contributed by atoms with Gasteiger partial charge in [-0.1, -0.05) is 30.3 Å². The molecule has 0 fully saturated rings. The Labute approximate surface area is 170 Å². The number of nitrogens with zero attached hydrogens (tertiary/aromatic N) is 3. The number of aromatic nitrogens is 3. The number of aromatic hydroxyl groups is 1. The Balaban J connectivity index is 1.79. The van der Waals surface area contributed by atoms with Gasteiger partial charge < -0.3 is 15.7 Å². The third kappa shape index (κ3) is 4.11. The molecule has 4 aromatic rings. The molecule has 30 heavy (non-hydrogen) atoms. The SMILES string of the molecule is O=S(=O)(O)c1cc(Nc2nc(F)nc(Nc3ccccc3)n2)c2c(O)cccc2c1. The summed E-state index contributed by atoms with van der Waals surface area (Å²) in [4.78, 5) is 10.8. The molecule has 4 rings (SSSR count). The Morgan fingerprint density at radius 1 is 0.867 bits per heavy atom. The molecule has 1 aromatic heterocycles. The maximum atomic E-state index is 14.0. The van der Waals surface area contributed by atoms with Gasteiger partial charge in [0.15, 0.2) is 0 Å². The maximum absolute atomic E-state index is 14.0. The number of phenols is 1. The number of benzene rings is 3. The largest absolute Gasteiger partial charge is 0.507 e. The smallest absolute Gasteiger partial charge is 0.315 e. The van der Waals surface area contributed by atoms with Crippen molar-refractivity contribution in [3.05, 3.63) is 66.7 Å². The maximum Gasteiger partial charge on any atom is 0.315 e. The highest BCUT2D eigenvalue weighted by Crippen LogP contribution is 2.35. The van der Waals surface area contributed by atoms with E-state index in [-0.39, 0.29) is 28.7 Å². The molecule has 4 N–H and O–H groups in total. The van der Waals surface area contributed by atoms with E-state index in [9.17, 15) is 22.5 Å². The predicted molar refractivity (Wildman–Crippen MR) is 108 cm³/mol. The molecule has 0 aliphatic carbocycles. The van der Waals surface area contributed by atoms with Crippen molar-refractivity contribution in [3.8, 4) is 5.75 Å². The Kier molecular flexibility index (Phi) is 4.90. The lowest BCUT2D eigenvalue weighted by atomic mass is 10.1. The highest BCUT2D eigenvalue weighted by molar-refractivity contribution is 7.85. The summed E-state index contributed by atoms with van der Waals surface area (Å²) >= 11 is 0. The molecule has 0 saturated heterocycles. The molecule has 0 bridgehead atoms. The molecular formula is C19H14FN5O4S. The van der Waals surface area contributed by atoms with Crippen LogP contribution >= 0.6 is 0 Å². The van der Waals surface area contributed by atoms with E-state index in [0.717, 1.165) is 6.07 Å². The Hall–Kier alpha value is -3.83. The van der Waals surface area contributed by atoms with E-state index in [1.165, 1.54) is 18.2 Å². The van der Waals surface area contributed by atoms with Crippen molar-refractivity contribution in [2.24, 2.45) is 0 Å². The van der Waals surface area contributed by atoms with Crippen molar-refractivity contribution < 1.29 is 22.5 Å². The van der Waals surface area contributed by atoms with Gasteiger partial charge in [0, 0.05) is 11.1 Å². The summed E-state index contributed by atoms with van der Waals surface area (Å²) in [6, 6.07) is 15.6. The minimum absolute atomic E-state index is 0.0505. The Morgan fingerprint density at radius 3 is 2.27 bits per heavy atom. The van der Waals surface area contributed by atoms with Gasteiger partial charge in [-0.15, -0.1) is 0 Å². The molecular weight excluding hydrogens is 413 g/mol. The van der Waals surface area contributed by atoms with Gasteiger partial charge in [-0.2, -0.15) is 27.8 Å². The van der Waals surface area contributed by atoms with Gasteiger partial charge in [-0.3, -0.25) is 4.55 Å². The fourth-order valence-corrected chi connectivity index (χ4v) is 3.40. The number of rotatable bonds is 5. The summed E-state index contributed by atoms with van der Waals surface area (Å²) in [5.74, 6) is -0.484. The first-order valence-electron chi connectivity index (χ1n) is 8.53. The molecule has 0 aliphatic rings. The van der Waals surface area contributed by atoms with Crippen molar-refractivity contribution in [1.29, 1.82) is 0 Å². The van der Waals surface area contributed by atoms with E-state index in [1.807, 2.05) is 6.07 Å². The lowest BCUT2D eigenvalue weighted by molar-refractivity contribution is 0.480. The molecule has 9 nitrogen and oxygen atoms in total. The van der Waals surface area contributed by atoms with Gasteiger partial charge in [0.1, 0.15) is 5.75 Å². The number of hydrogen-bond acceptors (Lipinski definition) is 8. The molecule has 11 heteroatoms. The molecule has 0 aliphatic heterocycles. The number of hydrogen-bond donors (Lipinski definition) is 4. The Bertz CT molecular complexity index is 1350. The van der Waals surface area contributed by atoms with Crippen LogP contribution in [0.4, 0.5) is 27.7 Å². The van der Waals surface area contributed by atoms with Gasteiger partial charge in [-0.25, -0.2) is 0 Å². The molecule has 152 valence electrons. The number of fused-ring (bicyclic) bond motifs is 1. The van der Waals surface area contributed by atoms with Gasteiger partial charge in [0.05, 0.1) is 10.6 Å². The minimum Gasteiger partial charge on any atom is -0.507 e. The summed E-state index contributed by atoms with van der Waals surface area (Å²) in [5, 5.41) is 16.3. The van der Waals surface area contributed by atoms with Crippen LogP contribution in [0.15, 0.2) is 65.6 Å². The normalized spacial score (nSPS) is 11.4. The lowest BCUT2D eigenvalue weighted by Gasteiger charge is -2.12. The molecule has 0 spiro atoms. The summed E-state index contributed by atoms with van der Waals surface area (Å²) in [7, 11) is -4.54. The summed E-state index contributed by atoms with van der Waals surface area (Å²) in [5.41, 5.74) is 0.667. The van der Waals surface area contributed by atoms with Crippen molar-refractivity contribution in [2.75, 3.05) is 10.6 Å². The third-order valence-corrected chi connectivity index (χ3v) is 4.94. The molecule has 1 heterocycles. The monoisotopic (exact) mass is 427 g/mol. The number of nitrogens with one attached hydrogen (secondary N) is 2. The van der Waals surface area contributed by atoms with Crippen LogP contribution in [0.5, 0.6) is 5.75 Å². The van der Waals surface area contributed by atoms with E-state index >= 15 is 0 Å². The number of anilines is 4. The summed E-state index contributed by atoms with van der Waals surface area (Å²) in [6.45, 7) is 0. The molecule has 0 amide bonds. The first-order valence-corrected chi connectivity index (χ1v) is 9.97. The minimum atomic E-state index is -4.54. The van der Waals surface area contributed by atoms with Crippen LogP contribution in [0.25, 0.3) is 10.8 Å². The van der Waals surface area contributed by atoms with E-state index in [4.69, 9.17) is 0 Å². The van der Waals surface area contributed by atoms with E-state index < -0.39 is 21.1 Å². The average molecular weight is 427 g/mol. The fourth-order valence-electron chi connectivity index (χ4n) is 2.86. The van der Waals surface area contributed by atoms with E-state index in [2.05, 4.69) is 25.6 Å². The molecule has 0 radical (unpaired) electrons. The highest BCUT2D eigenvalue weighted by atomic mass is 32.2. The van der Waals surface area contributed by atoms with Crippen LogP contribution in [0.1, 0.15) is 0 Å². The fraction of sp³-hybridized carbons (Fsp3) is 0. The van der Waals surface area contributed by atoms with Crippen LogP contribution in [-0.2, 0) is 10.1 Å². The van der Waals surface area contributed by atoms with Gasteiger partial charge in [0.2, 0.25) is 11.9 Å². The van der Waals surface area contributed by atoms with Gasteiger partial charge in [0.25, 0.3) is 10.1 Å². The first-order chi connectivity index (χ1) is 14.3. The zero-order chi connectivity index (χ0) is 21.3. The quantitative estimate of drug-likeness (QED) is 0.352. The summed E-state index contributed by atoms with van der Waals surface area (Å²) < 4.78 is 46.7. The number of phenolic OH excluding ortho intramolecular Hbond substituents is 1. The number of halogens is 1. The number of para-hydroxylation sites is 1. The molecule has 0 unspecified atom stereocenters. The second-order valence-electron chi connectivity index (χ2n) is 6.19. The van der Waals surface area contributed by atoms with Crippen molar-refractivity contribution in [1.82, 2.24) is 15.0 Å². The van der Waals surface area contributed by atoms with Crippen molar-refractivity contribution in [2.45, 2.75) is 4.90 Å². The highest BCUT2D eigenvalue weighted by Gasteiger charge is 2.17. The van der Waals surface area contributed by atoms with E-state index in [0.29, 0.717) is 11.1 Å². The van der Waals surface area contributed by atoms with Crippen LogP contribution in [0, 0.1) is 6.08 Å². The zero-order valence-electron chi connectivity index (χ0n) is 15.1. The predicted octanol–water partition coefficient (Wildman–Crippen LogP) is 3.60. The second-order valence-corrected chi connectivity index (χ2v) is 7.61. The topological polar surface area (TPSA) is 137 Å². The van der Waals surface area contributed by atoms with Crippen molar-refractivity contribution >= 4 is 44.2 Å². The summed E-state index contributed by atoms with van der Waals surface area (Å²) in [6.07, 6.45) is -1.08. The lowest BCUT2D eigenvalue weighted by Crippen LogP contribution is -2.07. The van der Waals surface area contributed by atoms with Crippen molar-refractivity contribution in [3.63, 3.8) is 0 Å². The first kappa shape index (κ1) is 19.5. The van der Waals surface area contributed by atoms with Gasteiger partial charge >= 0.3 is 6.08 Å². The molecule has 3 aromatic carbocycles. The van der Waals surface area contributed by atoms with E-state index in [1.54, 1.807) is 30.3 Å². The average Bonchev–Trinajstić information content (AvgIpc) is 2.67. The molecule has 0 saturated carbocycles. The Morgan fingerprint density at radius 2 is 1.57 bits per heavy atom. The third-order valence-electron chi connectivity index (χ3n) is 4.11. The zero-order valence-corrected chi connectivity index (χ0v) is 15.9. The van der Waals surface area contributed by atoms with Gasteiger partial charge in [-0.05, 0) is 35.7 Å². The van der Waals surface area contributed by atoms with Crippen LogP contribution < -0.4 is 10.6 Å². The van der Waals surface area contributed by atoms with Crippen LogP contribution in [0.2, 0.25) is 0 Å². The molecule has 0 atom stereocenters. The van der Waals surface area contributed by atoms with Crippen LogP contribution in [-0.4, -0.2) is 33.0 Å².